The molecule has 1 N–H and O–H groups in total. The van der Waals surface area contributed by atoms with E-state index >= 15 is 0 Å². The van der Waals surface area contributed by atoms with E-state index in [1.165, 1.54) is 12.3 Å². The van der Waals surface area contributed by atoms with Gasteiger partial charge in [-0.05, 0) is 25.0 Å². The van der Waals surface area contributed by atoms with Crippen molar-refractivity contribution in [2.75, 3.05) is 0 Å². The molecular formula is C14H14N2O3S. The molecular weight excluding hydrogens is 276 g/mol. The molecule has 1 aromatic carbocycles. The largest absolute Gasteiger partial charge is 0.273 e. The molecule has 1 fully saturated rings. The van der Waals surface area contributed by atoms with Crippen molar-refractivity contribution in [1.29, 1.82) is 0 Å². The molecule has 20 heavy (non-hydrogen) atoms. The second-order valence-electron chi connectivity index (χ2n) is 5.33. The Bertz CT molecular complexity index is 790. The number of carbonyl (C=O) groups excluding carboxylic acids is 1. The number of fused-ring (bicyclic) bond motifs is 1. The van der Waals surface area contributed by atoms with Crippen LogP contribution in [0.15, 0.2) is 41.4 Å². The summed E-state index contributed by atoms with van der Waals surface area (Å²) >= 11 is 0. The molecule has 0 aliphatic heterocycles. The third kappa shape index (κ3) is 2.16. The van der Waals surface area contributed by atoms with Crippen molar-refractivity contribution < 1.29 is 13.2 Å². The standard InChI is InChI=1S/C14H14N2O3S/c1-14(7-8-14)13(17)16-20(18,19)11-6-2-4-10-5-3-9-15-12(10)11/h2-6,9H,7-8H2,1H3,(H,16,17). The van der Waals surface area contributed by atoms with Gasteiger partial charge in [-0.3, -0.25) is 9.78 Å². The van der Waals surface area contributed by atoms with Gasteiger partial charge >= 0.3 is 0 Å². The van der Waals surface area contributed by atoms with Crippen LogP contribution in [-0.2, 0) is 14.8 Å². The van der Waals surface area contributed by atoms with Crippen molar-refractivity contribution in [3.8, 4) is 0 Å². The lowest BCUT2D eigenvalue weighted by Gasteiger charge is -2.11. The molecule has 6 heteroatoms. The number of hydrogen-bond acceptors (Lipinski definition) is 4. The molecule has 0 bridgehead atoms. The summed E-state index contributed by atoms with van der Waals surface area (Å²) in [6.07, 6.45) is 2.98. The summed E-state index contributed by atoms with van der Waals surface area (Å²) in [5.74, 6) is -0.439. The molecule has 0 unspecified atom stereocenters. The molecule has 1 amide bonds. The summed E-state index contributed by atoms with van der Waals surface area (Å²) < 4.78 is 26.9. The van der Waals surface area contributed by atoms with Gasteiger partial charge in [-0.2, -0.15) is 0 Å². The van der Waals surface area contributed by atoms with Crippen LogP contribution in [0.5, 0.6) is 0 Å². The van der Waals surface area contributed by atoms with Gasteiger partial charge in [0.25, 0.3) is 10.0 Å². The molecule has 5 nitrogen and oxygen atoms in total. The van der Waals surface area contributed by atoms with Gasteiger partial charge in [0.05, 0.1) is 5.52 Å². The minimum Gasteiger partial charge on any atom is -0.273 e. The number of pyridine rings is 1. The van der Waals surface area contributed by atoms with Gasteiger partial charge in [0.2, 0.25) is 5.91 Å². The second-order valence-corrected chi connectivity index (χ2v) is 6.98. The lowest BCUT2D eigenvalue weighted by Crippen LogP contribution is -2.35. The number of carbonyl (C=O) groups is 1. The Labute approximate surface area is 117 Å². The minimum absolute atomic E-state index is 0.0354. The van der Waals surface area contributed by atoms with E-state index in [0.29, 0.717) is 5.52 Å². The van der Waals surface area contributed by atoms with E-state index in [1.54, 1.807) is 31.2 Å². The number of sulfonamides is 1. The Hall–Kier alpha value is -1.95. The monoisotopic (exact) mass is 290 g/mol. The predicted octanol–water partition coefficient (Wildman–Crippen LogP) is 1.84. The van der Waals surface area contributed by atoms with E-state index in [9.17, 15) is 13.2 Å². The van der Waals surface area contributed by atoms with Gasteiger partial charge in [-0.15, -0.1) is 0 Å². The van der Waals surface area contributed by atoms with Crippen molar-refractivity contribution in [1.82, 2.24) is 9.71 Å². The molecule has 2 aromatic rings. The SMILES string of the molecule is CC1(C(=O)NS(=O)(=O)c2cccc3cccnc23)CC1. The van der Waals surface area contributed by atoms with Crippen LogP contribution in [-0.4, -0.2) is 19.3 Å². The molecule has 1 heterocycles. The van der Waals surface area contributed by atoms with Gasteiger partial charge in [-0.1, -0.05) is 25.1 Å². The fourth-order valence-electron chi connectivity index (χ4n) is 2.01. The number of nitrogens with zero attached hydrogens (tertiary/aromatic N) is 1. The van der Waals surface area contributed by atoms with E-state index in [4.69, 9.17) is 0 Å². The van der Waals surface area contributed by atoms with Crippen molar-refractivity contribution >= 4 is 26.8 Å². The fraction of sp³-hybridized carbons (Fsp3) is 0.286. The normalized spacial score (nSPS) is 16.9. The highest BCUT2D eigenvalue weighted by Crippen LogP contribution is 2.45. The number of para-hydroxylation sites is 1. The Balaban J connectivity index is 2.03. The Kier molecular flexibility index (Phi) is 2.79. The summed E-state index contributed by atoms with van der Waals surface area (Å²) in [4.78, 5) is 16.1. The van der Waals surface area contributed by atoms with Crippen LogP contribution < -0.4 is 4.72 Å². The maximum absolute atomic E-state index is 12.4. The highest BCUT2D eigenvalue weighted by Gasteiger charge is 2.46. The Morgan fingerprint density at radius 2 is 1.95 bits per heavy atom. The van der Waals surface area contributed by atoms with Crippen molar-refractivity contribution in [3.63, 3.8) is 0 Å². The molecule has 1 aliphatic carbocycles. The van der Waals surface area contributed by atoms with Crippen molar-refractivity contribution in [2.45, 2.75) is 24.7 Å². The van der Waals surface area contributed by atoms with E-state index in [2.05, 4.69) is 9.71 Å². The molecule has 1 saturated carbocycles. The summed E-state index contributed by atoms with van der Waals surface area (Å²) in [5.41, 5.74) is -0.165. The van der Waals surface area contributed by atoms with E-state index < -0.39 is 21.3 Å². The second kappa shape index (κ2) is 4.28. The number of aromatic nitrogens is 1. The molecule has 0 atom stereocenters. The van der Waals surface area contributed by atoms with E-state index in [-0.39, 0.29) is 4.90 Å². The van der Waals surface area contributed by atoms with Crippen LogP contribution in [0.1, 0.15) is 19.8 Å². The topological polar surface area (TPSA) is 76.1 Å². The lowest BCUT2D eigenvalue weighted by atomic mass is 10.1. The zero-order valence-corrected chi connectivity index (χ0v) is 11.8. The van der Waals surface area contributed by atoms with Crippen molar-refractivity contribution in [3.05, 3.63) is 36.5 Å². The first-order chi connectivity index (χ1) is 9.42. The molecule has 104 valence electrons. The van der Waals surface area contributed by atoms with Gasteiger partial charge in [0.15, 0.2) is 0 Å². The average molecular weight is 290 g/mol. The molecule has 0 radical (unpaired) electrons. The van der Waals surface area contributed by atoms with Crippen LogP contribution >= 0.6 is 0 Å². The van der Waals surface area contributed by atoms with Gasteiger partial charge in [0, 0.05) is 17.0 Å². The fourth-order valence-corrected chi connectivity index (χ4v) is 3.29. The molecule has 3 rings (SSSR count). The summed E-state index contributed by atoms with van der Waals surface area (Å²) in [6.45, 7) is 1.76. The third-order valence-corrected chi connectivity index (χ3v) is 5.02. The van der Waals surface area contributed by atoms with E-state index in [0.717, 1.165) is 18.2 Å². The Morgan fingerprint density at radius 1 is 1.25 bits per heavy atom. The summed E-state index contributed by atoms with van der Waals surface area (Å²) in [5, 5.41) is 0.723. The molecule has 1 aliphatic rings. The number of nitrogens with one attached hydrogen (secondary N) is 1. The number of rotatable bonds is 3. The number of amides is 1. The summed E-state index contributed by atoms with van der Waals surface area (Å²) in [6, 6.07) is 8.40. The zero-order valence-electron chi connectivity index (χ0n) is 11.0. The van der Waals surface area contributed by atoms with Crippen molar-refractivity contribution in [2.24, 2.45) is 5.41 Å². The molecule has 0 spiro atoms. The number of hydrogen-bond donors (Lipinski definition) is 1. The van der Waals surface area contributed by atoms with Crippen LogP contribution in [0.4, 0.5) is 0 Å². The lowest BCUT2D eigenvalue weighted by molar-refractivity contribution is -0.123. The highest BCUT2D eigenvalue weighted by atomic mass is 32.2. The van der Waals surface area contributed by atoms with Crippen LogP contribution in [0, 0.1) is 5.41 Å². The molecule has 1 aromatic heterocycles. The Morgan fingerprint density at radius 3 is 2.65 bits per heavy atom. The maximum Gasteiger partial charge on any atom is 0.266 e. The minimum atomic E-state index is -3.89. The van der Waals surface area contributed by atoms with Crippen LogP contribution in [0.2, 0.25) is 0 Å². The van der Waals surface area contributed by atoms with Gasteiger partial charge in [0.1, 0.15) is 4.90 Å². The van der Waals surface area contributed by atoms with Gasteiger partial charge < -0.3 is 0 Å². The first-order valence-electron chi connectivity index (χ1n) is 6.33. The van der Waals surface area contributed by atoms with Gasteiger partial charge in [-0.25, -0.2) is 13.1 Å². The first kappa shape index (κ1) is 13.1. The maximum atomic E-state index is 12.4. The third-order valence-electron chi connectivity index (χ3n) is 3.66. The summed E-state index contributed by atoms with van der Waals surface area (Å²) in [7, 11) is -3.89. The first-order valence-corrected chi connectivity index (χ1v) is 7.82. The smallest absolute Gasteiger partial charge is 0.266 e. The quantitative estimate of drug-likeness (QED) is 0.935. The van der Waals surface area contributed by atoms with Crippen LogP contribution in [0.25, 0.3) is 10.9 Å². The molecule has 0 saturated heterocycles. The van der Waals surface area contributed by atoms with E-state index in [1.807, 2.05) is 0 Å². The zero-order chi connectivity index (χ0) is 14.4. The number of benzene rings is 1. The average Bonchev–Trinajstić information content (AvgIpc) is 3.17. The predicted molar refractivity (Wildman–Crippen MR) is 74.4 cm³/mol. The highest BCUT2D eigenvalue weighted by molar-refractivity contribution is 7.90. The van der Waals surface area contributed by atoms with Crippen LogP contribution in [0.3, 0.4) is 0 Å².